The highest BCUT2D eigenvalue weighted by atomic mass is 79.9. The van der Waals surface area contributed by atoms with E-state index in [1.807, 2.05) is 13.0 Å². The Morgan fingerprint density at radius 2 is 2.12 bits per heavy atom. The summed E-state index contributed by atoms with van der Waals surface area (Å²) >= 11 is 3.35. The first kappa shape index (κ1) is 16.5. The molecule has 0 saturated carbocycles. The van der Waals surface area contributed by atoms with E-state index in [0.29, 0.717) is 42.3 Å². The quantitative estimate of drug-likeness (QED) is 0.874. The van der Waals surface area contributed by atoms with E-state index >= 15 is 0 Å². The topological polar surface area (TPSA) is 58.6 Å². The molecule has 0 spiro atoms. The summed E-state index contributed by atoms with van der Waals surface area (Å²) in [5.41, 5.74) is 1.58. The first-order valence-electron chi connectivity index (χ1n) is 7.71. The number of halogens is 1. The number of nitrogens with one attached hydrogen (secondary N) is 1. The standard InChI is InChI=1S/C18H17BrN2O3/c1-2-21-8-9-24-16-7-6-14(11-15(16)18(21)23)20-17(22)12-4-3-5-13(19)10-12/h3-7,10-11H,2,8-9H2,1H3,(H,20,22). The zero-order chi connectivity index (χ0) is 17.1. The van der Waals surface area contributed by atoms with Gasteiger partial charge in [0, 0.05) is 22.3 Å². The number of hydrogen-bond acceptors (Lipinski definition) is 3. The Kier molecular flexibility index (Phi) is 4.85. The number of amides is 2. The zero-order valence-corrected chi connectivity index (χ0v) is 14.8. The molecule has 2 aromatic carbocycles. The second-order valence-electron chi connectivity index (χ2n) is 5.41. The van der Waals surface area contributed by atoms with Crippen LogP contribution in [0.4, 0.5) is 5.69 Å². The summed E-state index contributed by atoms with van der Waals surface area (Å²) in [6.45, 7) is 3.58. The van der Waals surface area contributed by atoms with Crippen LogP contribution in [0.5, 0.6) is 5.75 Å². The number of ether oxygens (including phenoxy) is 1. The average Bonchev–Trinajstić information content (AvgIpc) is 2.74. The molecule has 2 aromatic rings. The van der Waals surface area contributed by atoms with E-state index in [9.17, 15) is 9.59 Å². The van der Waals surface area contributed by atoms with Crippen molar-refractivity contribution in [3.8, 4) is 5.75 Å². The Hall–Kier alpha value is -2.34. The molecule has 0 saturated heterocycles. The lowest BCUT2D eigenvalue weighted by Gasteiger charge is -2.17. The third kappa shape index (κ3) is 3.43. The lowest BCUT2D eigenvalue weighted by atomic mass is 10.1. The Balaban J connectivity index is 1.86. The summed E-state index contributed by atoms with van der Waals surface area (Å²) in [5, 5.41) is 2.82. The monoisotopic (exact) mass is 388 g/mol. The van der Waals surface area contributed by atoms with Crippen molar-refractivity contribution >= 4 is 33.4 Å². The normalized spacial score (nSPS) is 13.8. The SMILES string of the molecule is CCN1CCOc2ccc(NC(=O)c3cccc(Br)c3)cc2C1=O. The molecule has 0 radical (unpaired) electrons. The van der Waals surface area contributed by atoms with E-state index in [1.54, 1.807) is 41.3 Å². The van der Waals surface area contributed by atoms with Crippen LogP contribution in [-0.4, -0.2) is 36.4 Å². The first-order valence-corrected chi connectivity index (χ1v) is 8.51. The molecule has 3 rings (SSSR count). The number of nitrogens with zero attached hydrogens (tertiary/aromatic N) is 1. The molecule has 0 atom stereocenters. The fourth-order valence-corrected chi connectivity index (χ4v) is 2.97. The Bertz CT molecular complexity index is 792. The molecule has 1 aliphatic rings. The lowest BCUT2D eigenvalue weighted by Crippen LogP contribution is -2.32. The van der Waals surface area contributed by atoms with Crippen LogP contribution >= 0.6 is 15.9 Å². The van der Waals surface area contributed by atoms with E-state index in [4.69, 9.17) is 4.74 Å². The molecule has 24 heavy (non-hydrogen) atoms. The van der Waals surface area contributed by atoms with Crippen molar-refractivity contribution in [1.82, 2.24) is 4.90 Å². The van der Waals surface area contributed by atoms with E-state index in [2.05, 4.69) is 21.2 Å². The smallest absolute Gasteiger partial charge is 0.257 e. The van der Waals surface area contributed by atoms with Gasteiger partial charge >= 0.3 is 0 Å². The zero-order valence-electron chi connectivity index (χ0n) is 13.2. The van der Waals surface area contributed by atoms with Gasteiger partial charge in [0.1, 0.15) is 12.4 Å². The summed E-state index contributed by atoms with van der Waals surface area (Å²) in [6.07, 6.45) is 0. The molecule has 124 valence electrons. The van der Waals surface area contributed by atoms with Crippen LogP contribution in [0.1, 0.15) is 27.6 Å². The van der Waals surface area contributed by atoms with Crippen LogP contribution in [0, 0.1) is 0 Å². The summed E-state index contributed by atoms with van der Waals surface area (Å²) in [5.74, 6) is 0.241. The Morgan fingerprint density at radius 3 is 2.88 bits per heavy atom. The summed E-state index contributed by atoms with van der Waals surface area (Å²) < 4.78 is 6.46. The number of carbonyl (C=O) groups is 2. The highest BCUT2D eigenvalue weighted by molar-refractivity contribution is 9.10. The molecule has 0 unspecified atom stereocenters. The summed E-state index contributed by atoms with van der Waals surface area (Å²) in [4.78, 5) is 26.6. The fourth-order valence-electron chi connectivity index (χ4n) is 2.57. The van der Waals surface area contributed by atoms with Crippen LogP contribution in [0.15, 0.2) is 46.9 Å². The molecular formula is C18H17BrN2O3. The number of hydrogen-bond donors (Lipinski definition) is 1. The van der Waals surface area contributed by atoms with Crippen LogP contribution in [0.3, 0.4) is 0 Å². The molecule has 0 aromatic heterocycles. The van der Waals surface area contributed by atoms with Crippen molar-refractivity contribution in [1.29, 1.82) is 0 Å². The molecule has 6 heteroatoms. The maximum Gasteiger partial charge on any atom is 0.257 e. The van der Waals surface area contributed by atoms with E-state index in [1.165, 1.54) is 0 Å². The Morgan fingerprint density at radius 1 is 1.29 bits per heavy atom. The van der Waals surface area contributed by atoms with Gasteiger partial charge < -0.3 is 15.0 Å². The van der Waals surface area contributed by atoms with Crippen molar-refractivity contribution in [3.05, 3.63) is 58.1 Å². The highest BCUT2D eigenvalue weighted by Crippen LogP contribution is 2.27. The predicted octanol–water partition coefficient (Wildman–Crippen LogP) is 3.56. The average molecular weight is 389 g/mol. The number of carbonyl (C=O) groups excluding carboxylic acids is 2. The van der Waals surface area contributed by atoms with E-state index < -0.39 is 0 Å². The van der Waals surface area contributed by atoms with Crippen LogP contribution in [-0.2, 0) is 0 Å². The molecule has 1 aliphatic heterocycles. The minimum atomic E-state index is -0.231. The van der Waals surface area contributed by atoms with Crippen molar-refractivity contribution < 1.29 is 14.3 Å². The molecule has 2 amide bonds. The number of benzene rings is 2. The molecule has 0 bridgehead atoms. The second-order valence-corrected chi connectivity index (χ2v) is 6.32. The third-order valence-electron chi connectivity index (χ3n) is 3.84. The van der Waals surface area contributed by atoms with Gasteiger partial charge in [-0.25, -0.2) is 0 Å². The molecular weight excluding hydrogens is 372 g/mol. The van der Waals surface area contributed by atoms with Crippen molar-refractivity contribution in [2.45, 2.75) is 6.92 Å². The number of fused-ring (bicyclic) bond motifs is 1. The Labute approximate surface area is 148 Å². The molecule has 5 nitrogen and oxygen atoms in total. The van der Waals surface area contributed by atoms with Gasteiger partial charge in [0.25, 0.3) is 11.8 Å². The predicted molar refractivity (Wildman–Crippen MR) is 95.6 cm³/mol. The third-order valence-corrected chi connectivity index (χ3v) is 4.34. The molecule has 1 N–H and O–H groups in total. The van der Waals surface area contributed by atoms with Gasteiger partial charge in [-0.15, -0.1) is 0 Å². The summed E-state index contributed by atoms with van der Waals surface area (Å²) in [7, 11) is 0. The van der Waals surface area contributed by atoms with Crippen LogP contribution < -0.4 is 10.1 Å². The summed E-state index contributed by atoms with van der Waals surface area (Å²) in [6, 6.07) is 12.3. The van der Waals surface area contributed by atoms with Gasteiger partial charge in [-0.05, 0) is 43.3 Å². The molecule has 0 fully saturated rings. The van der Waals surface area contributed by atoms with E-state index in [-0.39, 0.29) is 11.8 Å². The maximum atomic E-state index is 12.5. The highest BCUT2D eigenvalue weighted by Gasteiger charge is 2.23. The minimum Gasteiger partial charge on any atom is -0.491 e. The van der Waals surface area contributed by atoms with Gasteiger partial charge in [0.15, 0.2) is 0 Å². The number of anilines is 1. The number of likely N-dealkylation sites (N-methyl/N-ethyl adjacent to an activating group) is 1. The lowest BCUT2D eigenvalue weighted by molar-refractivity contribution is 0.0764. The number of rotatable bonds is 3. The van der Waals surface area contributed by atoms with Gasteiger partial charge in [0.05, 0.1) is 12.1 Å². The minimum absolute atomic E-state index is 0.0800. The van der Waals surface area contributed by atoms with Gasteiger partial charge in [-0.2, -0.15) is 0 Å². The van der Waals surface area contributed by atoms with Crippen molar-refractivity contribution in [3.63, 3.8) is 0 Å². The van der Waals surface area contributed by atoms with Crippen LogP contribution in [0.25, 0.3) is 0 Å². The van der Waals surface area contributed by atoms with Crippen molar-refractivity contribution in [2.75, 3.05) is 25.0 Å². The second kappa shape index (κ2) is 7.05. The van der Waals surface area contributed by atoms with Crippen LogP contribution in [0.2, 0.25) is 0 Å². The van der Waals surface area contributed by atoms with Crippen molar-refractivity contribution in [2.24, 2.45) is 0 Å². The first-order chi connectivity index (χ1) is 11.6. The molecule has 0 aliphatic carbocycles. The fraction of sp³-hybridized carbons (Fsp3) is 0.222. The van der Waals surface area contributed by atoms with Gasteiger partial charge in [-0.1, -0.05) is 22.0 Å². The maximum absolute atomic E-state index is 12.5. The van der Waals surface area contributed by atoms with E-state index in [0.717, 1.165) is 4.47 Å². The molecule has 1 heterocycles. The van der Waals surface area contributed by atoms with Gasteiger partial charge in [-0.3, -0.25) is 9.59 Å². The largest absolute Gasteiger partial charge is 0.491 e. The van der Waals surface area contributed by atoms with Gasteiger partial charge in [0.2, 0.25) is 0 Å².